The average molecular weight is 444 g/mol. The molecule has 4 aliphatic rings. The third-order valence-corrected chi connectivity index (χ3v) is 7.48. The molecule has 2 aliphatic carbocycles. The largest absolute Gasteiger partial charge is 0.508 e. The van der Waals surface area contributed by atoms with Gasteiger partial charge in [0.25, 0.3) is 5.91 Å². The Morgan fingerprint density at radius 2 is 1.61 bits per heavy atom. The minimum atomic E-state index is -0.539. The fraction of sp³-hybridized carbons (Fsp3) is 0.444. The number of amides is 2. The van der Waals surface area contributed by atoms with E-state index in [9.17, 15) is 14.7 Å². The number of aliphatic imine (C=N–C) groups is 1. The van der Waals surface area contributed by atoms with Gasteiger partial charge in [0, 0.05) is 31.1 Å². The molecule has 6 rings (SSSR count). The van der Waals surface area contributed by atoms with Crippen molar-refractivity contribution in [3.63, 3.8) is 0 Å². The fourth-order valence-corrected chi connectivity index (χ4v) is 5.22. The zero-order valence-electron chi connectivity index (χ0n) is 18.7. The molecule has 3 fully saturated rings. The van der Waals surface area contributed by atoms with Crippen molar-refractivity contribution < 1.29 is 14.7 Å². The maximum Gasteiger partial charge on any atom is 0.256 e. The van der Waals surface area contributed by atoms with Crippen LogP contribution < -0.4 is 0 Å². The number of nitrogens with zero attached hydrogens (tertiary/aromatic N) is 3. The zero-order chi connectivity index (χ0) is 22.6. The van der Waals surface area contributed by atoms with E-state index in [2.05, 4.69) is 0 Å². The molecule has 2 aliphatic heterocycles. The summed E-state index contributed by atoms with van der Waals surface area (Å²) in [4.78, 5) is 34.7. The second kappa shape index (κ2) is 7.72. The van der Waals surface area contributed by atoms with Gasteiger partial charge in [-0.2, -0.15) is 0 Å². The van der Waals surface area contributed by atoms with Gasteiger partial charge in [0.15, 0.2) is 0 Å². The molecule has 0 aromatic heterocycles. The molecule has 2 heterocycles. The summed E-state index contributed by atoms with van der Waals surface area (Å²) in [5, 5.41) is 9.54. The van der Waals surface area contributed by atoms with Crippen LogP contribution in [0.2, 0.25) is 0 Å². The summed E-state index contributed by atoms with van der Waals surface area (Å²) >= 11 is 0. The highest BCUT2D eigenvalue weighted by Gasteiger charge is 2.57. The Kier molecular flexibility index (Phi) is 4.78. The first-order valence-electron chi connectivity index (χ1n) is 12.1. The summed E-state index contributed by atoms with van der Waals surface area (Å²) in [5.74, 6) is 2.01. The van der Waals surface area contributed by atoms with E-state index in [1.807, 2.05) is 46.2 Å². The fourth-order valence-electron chi connectivity index (χ4n) is 5.22. The topological polar surface area (TPSA) is 73.2 Å². The number of benzene rings is 2. The Morgan fingerprint density at radius 3 is 2.24 bits per heavy atom. The van der Waals surface area contributed by atoms with Gasteiger partial charge in [-0.1, -0.05) is 36.4 Å². The molecule has 6 nitrogen and oxygen atoms in total. The van der Waals surface area contributed by atoms with Crippen LogP contribution in [0.25, 0.3) is 11.1 Å². The van der Waals surface area contributed by atoms with Crippen molar-refractivity contribution in [2.24, 2.45) is 16.8 Å². The molecule has 2 aromatic carbocycles. The third kappa shape index (κ3) is 3.81. The van der Waals surface area contributed by atoms with Crippen LogP contribution in [0.3, 0.4) is 0 Å². The summed E-state index contributed by atoms with van der Waals surface area (Å²) in [6.07, 6.45) is 5.76. The lowest BCUT2D eigenvalue weighted by molar-refractivity contribution is -0.134. The van der Waals surface area contributed by atoms with E-state index < -0.39 is 5.54 Å². The summed E-state index contributed by atoms with van der Waals surface area (Å²) in [5.41, 5.74) is 2.50. The molecule has 0 radical (unpaired) electrons. The quantitative estimate of drug-likeness (QED) is 0.763. The monoisotopic (exact) mass is 443 g/mol. The number of aromatic hydroxyl groups is 1. The first-order chi connectivity index (χ1) is 16.0. The number of phenolic OH excluding ortho intramolecular Hbond substituents is 1. The highest BCUT2D eigenvalue weighted by atomic mass is 16.3. The minimum absolute atomic E-state index is 0.130. The van der Waals surface area contributed by atoms with Crippen LogP contribution in [-0.4, -0.2) is 57.7 Å². The van der Waals surface area contributed by atoms with Crippen molar-refractivity contribution in [1.29, 1.82) is 0 Å². The van der Waals surface area contributed by atoms with E-state index in [4.69, 9.17) is 4.99 Å². The van der Waals surface area contributed by atoms with Crippen molar-refractivity contribution in [3.05, 3.63) is 54.1 Å². The molecule has 33 heavy (non-hydrogen) atoms. The van der Waals surface area contributed by atoms with Gasteiger partial charge in [0.2, 0.25) is 5.91 Å². The van der Waals surface area contributed by atoms with Crippen LogP contribution in [0, 0.1) is 11.8 Å². The smallest absolute Gasteiger partial charge is 0.256 e. The number of rotatable bonds is 5. The van der Waals surface area contributed by atoms with Gasteiger partial charge in [0.05, 0.1) is 0 Å². The lowest BCUT2D eigenvalue weighted by Gasteiger charge is -2.35. The minimum Gasteiger partial charge on any atom is -0.508 e. The van der Waals surface area contributed by atoms with Crippen LogP contribution in [0.5, 0.6) is 5.75 Å². The van der Waals surface area contributed by atoms with Crippen molar-refractivity contribution in [3.8, 4) is 16.9 Å². The second-order valence-corrected chi connectivity index (χ2v) is 10.1. The third-order valence-electron chi connectivity index (χ3n) is 7.48. The number of hydrogen-bond acceptors (Lipinski definition) is 4. The molecule has 1 atom stereocenters. The maximum atomic E-state index is 13.3. The zero-order valence-corrected chi connectivity index (χ0v) is 18.7. The van der Waals surface area contributed by atoms with E-state index in [-0.39, 0.29) is 17.6 Å². The van der Waals surface area contributed by atoms with E-state index >= 15 is 0 Å². The number of carbonyl (C=O) groups excluding carboxylic acids is 2. The predicted octanol–water partition coefficient (Wildman–Crippen LogP) is 3.83. The van der Waals surface area contributed by atoms with Gasteiger partial charge in [-0.05, 0) is 67.7 Å². The van der Waals surface area contributed by atoms with Gasteiger partial charge in [-0.25, -0.2) is 0 Å². The SMILES string of the molecule is O=C(C1CC1)N1CCC[C@@H](CN2C(=O)C3(CC3)N=C2c2ccc(-c3ccc(O)cc3)cc2)C1. The normalized spacial score (nSPS) is 23.7. The number of amidine groups is 1. The lowest BCUT2D eigenvalue weighted by atomic mass is 9.96. The van der Waals surface area contributed by atoms with Crippen LogP contribution >= 0.6 is 0 Å². The summed E-state index contributed by atoms with van der Waals surface area (Å²) < 4.78 is 0. The van der Waals surface area contributed by atoms with Crippen molar-refractivity contribution >= 4 is 17.6 Å². The highest BCUT2D eigenvalue weighted by Crippen LogP contribution is 2.46. The molecule has 1 spiro atoms. The maximum absolute atomic E-state index is 13.3. The molecule has 2 aromatic rings. The van der Waals surface area contributed by atoms with Crippen LogP contribution in [0.1, 0.15) is 44.1 Å². The summed E-state index contributed by atoms with van der Waals surface area (Å²) in [6, 6.07) is 15.3. The lowest BCUT2D eigenvalue weighted by Crippen LogP contribution is -2.46. The Hall–Kier alpha value is -3.15. The van der Waals surface area contributed by atoms with Gasteiger partial charge in [0.1, 0.15) is 17.1 Å². The van der Waals surface area contributed by atoms with E-state index in [1.165, 1.54) is 0 Å². The molecule has 6 heteroatoms. The number of piperidine rings is 1. The molecular formula is C27H29N3O3. The van der Waals surface area contributed by atoms with Crippen LogP contribution in [0.4, 0.5) is 0 Å². The molecule has 170 valence electrons. The summed E-state index contributed by atoms with van der Waals surface area (Å²) in [7, 11) is 0. The first-order valence-corrected chi connectivity index (χ1v) is 12.1. The molecule has 1 N–H and O–H groups in total. The van der Waals surface area contributed by atoms with Crippen molar-refractivity contribution in [2.45, 2.75) is 44.1 Å². The Bertz CT molecular complexity index is 1110. The Morgan fingerprint density at radius 1 is 0.970 bits per heavy atom. The van der Waals surface area contributed by atoms with Crippen molar-refractivity contribution in [2.75, 3.05) is 19.6 Å². The molecule has 2 amide bonds. The van der Waals surface area contributed by atoms with E-state index in [1.54, 1.807) is 12.1 Å². The van der Waals surface area contributed by atoms with Gasteiger partial charge >= 0.3 is 0 Å². The second-order valence-electron chi connectivity index (χ2n) is 10.1. The van der Waals surface area contributed by atoms with Crippen LogP contribution in [0.15, 0.2) is 53.5 Å². The predicted molar refractivity (Wildman–Crippen MR) is 126 cm³/mol. The number of hydrogen-bond donors (Lipinski definition) is 1. The average Bonchev–Trinajstić information content (AvgIpc) is 3.76. The number of likely N-dealkylation sites (tertiary alicyclic amines) is 1. The molecule has 2 saturated carbocycles. The van der Waals surface area contributed by atoms with Gasteiger partial charge < -0.3 is 10.0 Å². The highest BCUT2D eigenvalue weighted by molar-refractivity contribution is 6.16. The molecule has 0 bridgehead atoms. The number of phenols is 1. The van der Waals surface area contributed by atoms with E-state index in [0.29, 0.717) is 18.4 Å². The molecule has 1 saturated heterocycles. The van der Waals surface area contributed by atoms with Crippen molar-refractivity contribution in [1.82, 2.24) is 9.80 Å². The Balaban J connectivity index is 1.21. The number of carbonyl (C=O) groups is 2. The van der Waals surface area contributed by atoms with Gasteiger partial charge in [-0.15, -0.1) is 0 Å². The molecule has 0 unspecified atom stereocenters. The first kappa shape index (κ1) is 20.5. The standard InChI is InChI=1S/C27H29N3O3/c31-23-11-9-20(10-12-23)19-3-5-21(6-4-19)24-28-27(13-14-27)26(33)30(24)17-18-2-1-15-29(16-18)25(32)22-7-8-22/h3-6,9-12,18,22,31H,1-2,7-8,13-17H2/t18-/m1/s1. The van der Waals surface area contributed by atoms with Gasteiger partial charge in [-0.3, -0.25) is 19.5 Å². The van der Waals surface area contributed by atoms with Crippen LogP contribution in [-0.2, 0) is 9.59 Å². The Labute approximate surface area is 193 Å². The molecular weight excluding hydrogens is 414 g/mol. The van der Waals surface area contributed by atoms with E-state index in [0.717, 1.165) is 74.1 Å². The summed E-state index contributed by atoms with van der Waals surface area (Å²) in [6.45, 7) is 2.23.